The Kier molecular flexibility index (Phi) is 8.43. The van der Waals surface area contributed by atoms with Gasteiger partial charge in [-0.05, 0) is 55.0 Å². The summed E-state index contributed by atoms with van der Waals surface area (Å²) in [5.41, 5.74) is 7.44. The second-order valence-corrected chi connectivity index (χ2v) is 8.84. The molecule has 0 fully saturated rings. The number of hydrogen-bond donors (Lipinski definition) is 1. The average molecular weight is 461 g/mol. The largest absolute Gasteiger partial charge is 0.314 e. The maximum Gasteiger partial charge on any atom is 0.122 e. The number of benzene rings is 3. The van der Waals surface area contributed by atoms with Crippen LogP contribution in [0, 0.1) is 12.3 Å². The lowest BCUT2D eigenvalue weighted by atomic mass is 9.74. The molecule has 0 unspecified atom stereocenters. The molecule has 0 spiro atoms. The molecule has 0 amide bonds. The summed E-state index contributed by atoms with van der Waals surface area (Å²) in [6.07, 6.45) is 8.65. The zero-order valence-corrected chi connectivity index (χ0v) is 21.4. The summed E-state index contributed by atoms with van der Waals surface area (Å²) in [6, 6.07) is 27.2. The summed E-state index contributed by atoms with van der Waals surface area (Å²) in [4.78, 5) is 2.00. The second-order valence-electron chi connectivity index (χ2n) is 8.84. The number of rotatable bonds is 10. The summed E-state index contributed by atoms with van der Waals surface area (Å²) in [6.45, 7) is 17.0. The van der Waals surface area contributed by atoms with Gasteiger partial charge >= 0.3 is 0 Å². The maximum absolute atomic E-state index is 8.72. The number of hydrogen-bond acceptors (Lipinski definition) is 1. The molecular formula is C33H36N2. The minimum absolute atomic E-state index is 0.768. The van der Waals surface area contributed by atoms with Crippen LogP contribution in [-0.2, 0) is 12.0 Å². The highest BCUT2D eigenvalue weighted by molar-refractivity contribution is 5.80. The zero-order valence-electron chi connectivity index (χ0n) is 21.4. The Morgan fingerprint density at radius 3 is 1.94 bits per heavy atom. The van der Waals surface area contributed by atoms with Crippen molar-refractivity contribution in [2.75, 3.05) is 0 Å². The lowest BCUT2D eigenvalue weighted by molar-refractivity contribution is 0.373. The molecule has 2 nitrogen and oxygen atoms in total. The first-order valence-electron chi connectivity index (χ1n) is 12.1. The van der Waals surface area contributed by atoms with Gasteiger partial charge in [-0.3, -0.25) is 5.41 Å². The molecule has 1 N–H and O–H groups in total. The van der Waals surface area contributed by atoms with Gasteiger partial charge in [0.1, 0.15) is 5.54 Å². The minimum atomic E-state index is -0.831. The Bertz CT molecular complexity index is 1210. The highest BCUT2D eigenvalue weighted by atomic mass is 15.2. The van der Waals surface area contributed by atoms with Crippen LogP contribution in [0.15, 0.2) is 121 Å². The summed E-state index contributed by atoms with van der Waals surface area (Å²) in [5.74, 6) is 0. The van der Waals surface area contributed by atoms with E-state index in [9.17, 15) is 0 Å². The average Bonchev–Trinajstić information content (AvgIpc) is 2.87. The van der Waals surface area contributed by atoms with Gasteiger partial charge in [-0.1, -0.05) is 123 Å². The SMILES string of the molecule is C=C(C)/C=C(\C=C/C)C(c1ccccc1)(c1ccccc1)N(C=N)C(=C)c1ccc(CC)cc1C. The van der Waals surface area contributed by atoms with E-state index in [1.165, 1.54) is 11.9 Å². The van der Waals surface area contributed by atoms with Crippen molar-refractivity contribution >= 4 is 12.0 Å². The Morgan fingerprint density at radius 1 is 0.943 bits per heavy atom. The highest BCUT2D eigenvalue weighted by Gasteiger charge is 2.43. The number of allylic oxidation sites excluding steroid dienone is 3. The summed E-state index contributed by atoms with van der Waals surface area (Å²) in [5, 5.41) is 8.72. The van der Waals surface area contributed by atoms with Crippen molar-refractivity contribution in [2.45, 2.75) is 39.7 Å². The van der Waals surface area contributed by atoms with Gasteiger partial charge < -0.3 is 4.90 Å². The molecule has 2 heteroatoms. The predicted molar refractivity (Wildman–Crippen MR) is 152 cm³/mol. The van der Waals surface area contributed by atoms with Crippen LogP contribution < -0.4 is 0 Å². The van der Waals surface area contributed by atoms with Gasteiger partial charge in [0, 0.05) is 11.3 Å². The second kappa shape index (κ2) is 11.5. The van der Waals surface area contributed by atoms with E-state index in [0.29, 0.717) is 0 Å². The number of nitrogens with zero attached hydrogens (tertiary/aromatic N) is 1. The van der Waals surface area contributed by atoms with Crippen LogP contribution in [-0.4, -0.2) is 11.2 Å². The van der Waals surface area contributed by atoms with Crippen LogP contribution in [0.1, 0.15) is 48.6 Å². The van der Waals surface area contributed by atoms with Gasteiger partial charge in [0.2, 0.25) is 0 Å². The van der Waals surface area contributed by atoms with E-state index < -0.39 is 5.54 Å². The fraction of sp³-hybridized carbons (Fsp3) is 0.182. The molecule has 0 radical (unpaired) electrons. The van der Waals surface area contributed by atoms with Crippen LogP contribution in [0.25, 0.3) is 5.70 Å². The first kappa shape index (κ1) is 25.7. The Morgan fingerprint density at radius 2 is 1.51 bits per heavy atom. The van der Waals surface area contributed by atoms with E-state index in [0.717, 1.165) is 45.5 Å². The maximum atomic E-state index is 8.72. The van der Waals surface area contributed by atoms with Crippen molar-refractivity contribution in [1.29, 1.82) is 5.41 Å². The van der Waals surface area contributed by atoms with Gasteiger partial charge in [0.15, 0.2) is 0 Å². The summed E-state index contributed by atoms with van der Waals surface area (Å²) < 4.78 is 0. The standard InChI is InChI=1S/C33H36N2/c1-7-15-31(22-25(3)4)33(29-16-11-9-12-17-29,30-18-13-10-14-19-30)35(24-34)27(6)32-21-20-28(8-2)23-26(32)5/h7,9-24,34H,3,6,8H2,1-2,4-5H3/b15-7-,31-22+,34-24?. The Balaban J connectivity index is 2.44. The van der Waals surface area contributed by atoms with Crippen LogP contribution in [0.2, 0.25) is 0 Å². The minimum Gasteiger partial charge on any atom is -0.314 e. The van der Waals surface area contributed by atoms with Gasteiger partial charge in [-0.25, -0.2) is 0 Å². The summed E-state index contributed by atoms with van der Waals surface area (Å²) >= 11 is 0. The topological polar surface area (TPSA) is 27.1 Å². The molecular weight excluding hydrogens is 424 g/mol. The zero-order chi connectivity index (χ0) is 25.4. The quantitative estimate of drug-likeness (QED) is 0.183. The summed E-state index contributed by atoms with van der Waals surface area (Å²) in [7, 11) is 0. The van der Waals surface area contributed by atoms with Crippen molar-refractivity contribution in [3.8, 4) is 0 Å². The molecule has 0 bridgehead atoms. The molecule has 3 aromatic carbocycles. The molecule has 0 atom stereocenters. The van der Waals surface area contributed by atoms with E-state index in [-0.39, 0.29) is 0 Å². The lowest BCUT2D eigenvalue weighted by Crippen LogP contribution is -2.46. The fourth-order valence-electron chi connectivity index (χ4n) is 4.77. The van der Waals surface area contributed by atoms with Gasteiger partial charge in [-0.15, -0.1) is 0 Å². The van der Waals surface area contributed by atoms with Crippen LogP contribution in [0.3, 0.4) is 0 Å². The van der Waals surface area contributed by atoms with Gasteiger partial charge in [0.25, 0.3) is 0 Å². The molecule has 0 aliphatic rings. The molecule has 178 valence electrons. The smallest absolute Gasteiger partial charge is 0.122 e. The van der Waals surface area contributed by atoms with Crippen molar-refractivity contribution in [1.82, 2.24) is 4.90 Å². The normalized spacial score (nSPS) is 11.9. The first-order chi connectivity index (χ1) is 16.9. The van der Waals surface area contributed by atoms with Gasteiger partial charge in [0.05, 0.1) is 6.34 Å². The van der Waals surface area contributed by atoms with Crippen LogP contribution in [0.4, 0.5) is 0 Å². The molecule has 0 aliphatic heterocycles. The van der Waals surface area contributed by atoms with E-state index in [2.05, 4.69) is 81.6 Å². The predicted octanol–water partition coefficient (Wildman–Crippen LogP) is 8.46. The molecule has 0 aromatic heterocycles. The van der Waals surface area contributed by atoms with E-state index >= 15 is 0 Å². The highest BCUT2D eigenvalue weighted by Crippen LogP contribution is 2.46. The number of nitrogens with one attached hydrogen (secondary N) is 1. The Hall–Kier alpha value is -3.91. The van der Waals surface area contributed by atoms with E-state index in [1.54, 1.807) is 0 Å². The van der Waals surface area contributed by atoms with Crippen molar-refractivity contribution in [2.24, 2.45) is 0 Å². The third-order valence-corrected chi connectivity index (χ3v) is 6.34. The van der Waals surface area contributed by atoms with Gasteiger partial charge in [-0.2, -0.15) is 0 Å². The molecule has 0 saturated carbocycles. The molecule has 0 aliphatic carbocycles. The van der Waals surface area contributed by atoms with Crippen LogP contribution in [0.5, 0.6) is 0 Å². The Labute approximate surface area is 211 Å². The molecule has 3 rings (SSSR count). The number of aryl methyl sites for hydroxylation is 2. The molecule has 35 heavy (non-hydrogen) atoms. The monoisotopic (exact) mass is 460 g/mol. The van der Waals surface area contributed by atoms with E-state index in [4.69, 9.17) is 5.41 Å². The molecule has 3 aromatic rings. The van der Waals surface area contributed by atoms with E-state index in [1.807, 2.05) is 61.2 Å². The third kappa shape index (κ3) is 5.12. The van der Waals surface area contributed by atoms with Crippen molar-refractivity contribution < 1.29 is 0 Å². The van der Waals surface area contributed by atoms with Crippen molar-refractivity contribution in [3.63, 3.8) is 0 Å². The first-order valence-corrected chi connectivity index (χ1v) is 12.1. The molecule has 0 heterocycles. The lowest BCUT2D eigenvalue weighted by Gasteiger charge is -2.46. The fourth-order valence-corrected chi connectivity index (χ4v) is 4.77. The van der Waals surface area contributed by atoms with Crippen molar-refractivity contribution in [3.05, 3.63) is 149 Å². The van der Waals surface area contributed by atoms with Crippen LogP contribution >= 0.6 is 0 Å². The molecule has 0 saturated heterocycles. The third-order valence-electron chi connectivity index (χ3n) is 6.34.